The molecule has 1 fully saturated rings. The Morgan fingerprint density at radius 3 is 2.69 bits per heavy atom. The van der Waals surface area contributed by atoms with Gasteiger partial charge in [-0.1, -0.05) is 11.8 Å². The molecule has 1 atom stereocenters. The van der Waals surface area contributed by atoms with Gasteiger partial charge in [0.1, 0.15) is 11.5 Å². The predicted octanol–water partition coefficient (Wildman–Crippen LogP) is 4.25. The first-order chi connectivity index (χ1) is 12.7. The van der Waals surface area contributed by atoms with Crippen LogP contribution in [0.3, 0.4) is 0 Å². The molecule has 2 aromatic rings. The van der Waals surface area contributed by atoms with Crippen molar-refractivity contribution in [3.63, 3.8) is 0 Å². The number of benzene rings is 1. The fraction of sp³-hybridized carbons (Fsp3) is 0.550. The van der Waals surface area contributed by atoms with Gasteiger partial charge in [-0.25, -0.2) is 4.98 Å². The normalized spacial score (nSPS) is 16.8. The molecular formula is C20H28N2O3S. The Morgan fingerprint density at radius 2 is 2.00 bits per heavy atom. The van der Waals surface area contributed by atoms with E-state index in [0.29, 0.717) is 12.7 Å². The smallest absolute Gasteiger partial charge is 0.168 e. The second-order valence-electron chi connectivity index (χ2n) is 6.54. The zero-order valence-electron chi connectivity index (χ0n) is 15.9. The maximum Gasteiger partial charge on any atom is 0.168 e. The highest BCUT2D eigenvalue weighted by Crippen LogP contribution is 2.25. The minimum absolute atomic E-state index is 0.333. The standard InChI is InChI=1S/C20H28N2O3S/c1-15-16(2)22(14-19-6-4-11-25-19)20(21-15)26-13-5-12-24-18-9-7-17(23-3)8-10-18/h7-10,19H,4-6,11-14H2,1-3H3. The van der Waals surface area contributed by atoms with E-state index in [-0.39, 0.29) is 0 Å². The van der Waals surface area contributed by atoms with E-state index in [1.54, 1.807) is 18.9 Å². The van der Waals surface area contributed by atoms with Crippen LogP contribution in [0, 0.1) is 13.8 Å². The third-order valence-electron chi connectivity index (χ3n) is 4.68. The van der Waals surface area contributed by atoms with Gasteiger partial charge in [0.15, 0.2) is 5.16 Å². The largest absolute Gasteiger partial charge is 0.497 e. The molecule has 26 heavy (non-hydrogen) atoms. The molecule has 0 spiro atoms. The Balaban J connectivity index is 1.45. The van der Waals surface area contributed by atoms with E-state index in [2.05, 4.69) is 18.4 Å². The summed E-state index contributed by atoms with van der Waals surface area (Å²) in [6.45, 7) is 6.73. The molecule has 6 heteroatoms. The number of methoxy groups -OCH3 is 1. The van der Waals surface area contributed by atoms with Crippen LogP contribution in [0.1, 0.15) is 30.7 Å². The summed E-state index contributed by atoms with van der Waals surface area (Å²) in [7, 11) is 1.67. The highest BCUT2D eigenvalue weighted by atomic mass is 32.2. The van der Waals surface area contributed by atoms with Crippen molar-refractivity contribution >= 4 is 11.8 Å². The average Bonchev–Trinajstić information content (AvgIpc) is 3.26. The predicted molar refractivity (Wildman–Crippen MR) is 105 cm³/mol. The average molecular weight is 377 g/mol. The number of rotatable bonds is 9. The quantitative estimate of drug-likeness (QED) is 0.484. The summed E-state index contributed by atoms with van der Waals surface area (Å²) in [6.07, 6.45) is 3.63. The van der Waals surface area contributed by atoms with Crippen molar-refractivity contribution in [2.45, 2.75) is 50.9 Å². The summed E-state index contributed by atoms with van der Waals surface area (Å²) in [4.78, 5) is 4.74. The third kappa shape index (κ3) is 4.95. The van der Waals surface area contributed by atoms with Crippen molar-refractivity contribution in [3.05, 3.63) is 35.7 Å². The van der Waals surface area contributed by atoms with Crippen LogP contribution in [0.2, 0.25) is 0 Å². The van der Waals surface area contributed by atoms with Crippen LogP contribution in [0.5, 0.6) is 11.5 Å². The van der Waals surface area contributed by atoms with Crippen molar-refractivity contribution in [2.24, 2.45) is 0 Å². The summed E-state index contributed by atoms with van der Waals surface area (Å²) < 4.78 is 19.1. The monoisotopic (exact) mass is 376 g/mol. The maximum absolute atomic E-state index is 5.80. The Hall–Kier alpha value is -1.66. The fourth-order valence-corrected chi connectivity index (χ4v) is 4.04. The number of hydrogen-bond donors (Lipinski definition) is 0. The zero-order chi connectivity index (χ0) is 18.4. The molecule has 1 aromatic carbocycles. The summed E-state index contributed by atoms with van der Waals surface area (Å²) in [5, 5.41) is 1.10. The Morgan fingerprint density at radius 1 is 1.23 bits per heavy atom. The number of aryl methyl sites for hydroxylation is 1. The van der Waals surface area contributed by atoms with E-state index in [1.807, 2.05) is 24.3 Å². The second-order valence-corrected chi connectivity index (χ2v) is 7.60. The van der Waals surface area contributed by atoms with Gasteiger partial charge in [0.2, 0.25) is 0 Å². The van der Waals surface area contributed by atoms with Gasteiger partial charge in [0.05, 0.1) is 32.1 Å². The summed E-state index contributed by atoms with van der Waals surface area (Å²) in [5.74, 6) is 2.71. The van der Waals surface area contributed by atoms with Gasteiger partial charge >= 0.3 is 0 Å². The van der Waals surface area contributed by atoms with Gasteiger partial charge < -0.3 is 18.8 Å². The highest BCUT2D eigenvalue weighted by Gasteiger charge is 2.20. The van der Waals surface area contributed by atoms with Crippen LogP contribution in [0.25, 0.3) is 0 Å². The molecule has 0 aliphatic carbocycles. The fourth-order valence-electron chi connectivity index (χ4n) is 3.03. The Bertz CT molecular complexity index is 694. The van der Waals surface area contributed by atoms with Crippen LogP contribution >= 0.6 is 11.8 Å². The molecule has 2 heterocycles. The molecule has 0 bridgehead atoms. The van der Waals surface area contributed by atoms with E-state index in [0.717, 1.165) is 54.1 Å². The van der Waals surface area contributed by atoms with Crippen molar-refractivity contribution < 1.29 is 14.2 Å². The van der Waals surface area contributed by atoms with Crippen LogP contribution in [0.15, 0.2) is 29.4 Å². The van der Waals surface area contributed by atoms with Gasteiger partial charge in [-0.05, 0) is 57.4 Å². The molecule has 1 aliphatic heterocycles. The topological polar surface area (TPSA) is 45.5 Å². The molecule has 0 amide bonds. The van der Waals surface area contributed by atoms with E-state index >= 15 is 0 Å². The van der Waals surface area contributed by atoms with Crippen LogP contribution in [-0.4, -0.2) is 41.7 Å². The summed E-state index contributed by atoms with van der Waals surface area (Å²) >= 11 is 1.80. The summed E-state index contributed by atoms with van der Waals surface area (Å²) in [6, 6.07) is 7.70. The SMILES string of the molecule is COc1ccc(OCCCSc2nc(C)c(C)n2CC2CCCO2)cc1. The highest BCUT2D eigenvalue weighted by molar-refractivity contribution is 7.99. The molecule has 0 saturated carbocycles. The number of imidazole rings is 1. The van der Waals surface area contributed by atoms with Crippen molar-refractivity contribution in [1.29, 1.82) is 0 Å². The van der Waals surface area contributed by atoms with Gasteiger partial charge in [-0.15, -0.1) is 0 Å². The first-order valence-electron chi connectivity index (χ1n) is 9.22. The molecule has 5 nitrogen and oxygen atoms in total. The Kier molecular flexibility index (Phi) is 6.86. The molecule has 0 radical (unpaired) electrons. The number of hydrogen-bond acceptors (Lipinski definition) is 5. The molecule has 3 rings (SSSR count). The Labute approximate surface area is 160 Å². The molecular weight excluding hydrogens is 348 g/mol. The minimum atomic E-state index is 0.333. The van der Waals surface area contributed by atoms with E-state index in [1.165, 1.54) is 12.1 Å². The summed E-state index contributed by atoms with van der Waals surface area (Å²) in [5.41, 5.74) is 2.36. The first kappa shape index (κ1) is 19.1. The molecule has 142 valence electrons. The van der Waals surface area contributed by atoms with Crippen molar-refractivity contribution in [2.75, 3.05) is 26.1 Å². The third-order valence-corrected chi connectivity index (χ3v) is 5.74. The van der Waals surface area contributed by atoms with Crippen molar-refractivity contribution in [1.82, 2.24) is 9.55 Å². The lowest BCUT2D eigenvalue weighted by atomic mass is 10.2. The molecule has 1 unspecified atom stereocenters. The molecule has 1 aromatic heterocycles. The molecule has 0 N–H and O–H groups in total. The van der Waals surface area contributed by atoms with E-state index in [4.69, 9.17) is 19.2 Å². The lowest BCUT2D eigenvalue weighted by molar-refractivity contribution is 0.0945. The zero-order valence-corrected chi connectivity index (χ0v) is 16.7. The number of ether oxygens (including phenoxy) is 3. The first-order valence-corrected chi connectivity index (χ1v) is 10.2. The van der Waals surface area contributed by atoms with Gasteiger partial charge in [-0.2, -0.15) is 0 Å². The van der Waals surface area contributed by atoms with Gasteiger partial charge in [0, 0.05) is 18.1 Å². The lowest BCUT2D eigenvalue weighted by Crippen LogP contribution is -2.16. The van der Waals surface area contributed by atoms with Gasteiger partial charge in [-0.3, -0.25) is 0 Å². The maximum atomic E-state index is 5.80. The van der Waals surface area contributed by atoms with Crippen LogP contribution in [-0.2, 0) is 11.3 Å². The van der Waals surface area contributed by atoms with Gasteiger partial charge in [0.25, 0.3) is 0 Å². The lowest BCUT2D eigenvalue weighted by Gasteiger charge is -2.14. The second kappa shape index (κ2) is 9.33. The minimum Gasteiger partial charge on any atom is -0.497 e. The number of nitrogens with zero attached hydrogens (tertiary/aromatic N) is 2. The molecule has 1 aliphatic rings. The van der Waals surface area contributed by atoms with E-state index < -0.39 is 0 Å². The number of aromatic nitrogens is 2. The number of thioether (sulfide) groups is 1. The van der Waals surface area contributed by atoms with Crippen LogP contribution in [0.4, 0.5) is 0 Å². The molecule has 1 saturated heterocycles. The van der Waals surface area contributed by atoms with Crippen LogP contribution < -0.4 is 9.47 Å². The van der Waals surface area contributed by atoms with Crippen molar-refractivity contribution in [3.8, 4) is 11.5 Å². The van der Waals surface area contributed by atoms with E-state index in [9.17, 15) is 0 Å².